The highest BCUT2D eigenvalue weighted by atomic mass is 32.2. The van der Waals surface area contributed by atoms with Crippen molar-refractivity contribution >= 4 is 11.8 Å². The average Bonchev–Trinajstić information content (AvgIpc) is 3.10. The molecule has 0 spiro atoms. The van der Waals surface area contributed by atoms with Gasteiger partial charge in [0.05, 0.1) is 12.7 Å². The van der Waals surface area contributed by atoms with E-state index in [-0.39, 0.29) is 6.61 Å². The van der Waals surface area contributed by atoms with E-state index in [1.807, 2.05) is 30.3 Å². The molecule has 0 saturated heterocycles. The first kappa shape index (κ1) is 18.5. The number of methoxy groups -OCH3 is 1. The van der Waals surface area contributed by atoms with Crippen molar-refractivity contribution in [2.75, 3.05) is 19.5 Å². The molecule has 0 aliphatic rings. The summed E-state index contributed by atoms with van der Waals surface area (Å²) in [6.45, 7) is 0.969. The van der Waals surface area contributed by atoms with E-state index < -0.39 is 0 Å². The van der Waals surface area contributed by atoms with Crippen LogP contribution in [-0.2, 0) is 13.0 Å². The summed E-state index contributed by atoms with van der Waals surface area (Å²) in [5.41, 5.74) is 2.21. The normalized spacial score (nSPS) is 10.8. The molecular weight excluding hydrogens is 346 g/mol. The number of benzene rings is 2. The summed E-state index contributed by atoms with van der Waals surface area (Å²) >= 11 is 1.62. The Morgan fingerprint density at radius 3 is 2.58 bits per heavy atom. The molecule has 26 heavy (non-hydrogen) atoms. The zero-order valence-corrected chi connectivity index (χ0v) is 15.7. The van der Waals surface area contributed by atoms with Gasteiger partial charge in [-0.15, -0.1) is 10.2 Å². The zero-order valence-electron chi connectivity index (χ0n) is 14.8. The lowest BCUT2D eigenvalue weighted by Gasteiger charge is -2.12. The van der Waals surface area contributed by atoms with Crippen LogP contribution in [0.4, 0.5) is 0 Å². The summed E-state index contributed by atoms with van der Waals surface area (Å²) in [5.74, 6) is 2.41. The second-order valence-corrected chi connectivity index (χ2v) is 6.88. The van der Waals surface area contributed by atoms with E-state index in [1.165, 1.54) is 5.56 Å². The van der Waals surface area contributed by atoms with Crippen LogP contribution in [-0.4, -0.2) is 39.3 Å². The molecule has 2 aromatic carbocycles. The fourth-order valence-corrected chi connectivity index (χ4v) is 3.63. The highest BCUT2D eigenvalue weighted by molar-refractivity contribution is 7.99. The topological polar surface area (TPSA) is 60.2 Å². The highest BCUT2D eigenvalue weighted by Crippen LogP contribution is 2.31. The van der Waals surface area contributed by atoms with Crippen LogP contribution in [0.5, 0.6) is 5.75 Å². The van der Waals surface area contributed by atoms with Crippen molar-refractivity contribution in [3.63, 3.8) is 0 Å². The maximum Gasteiger partial charge on any atom is 0.191 e. The summed E-state index contributed by atoms with van der Waals surface area (Å²) < 4.78 is 7.65. The molecule has 0 aliphatic carbocycles. The molecule has 3 rings (SSSR count). The van der Waals surface area contributed by atoms with Crippen LogP contribution >= 0.6 is 11.8 Å². The van der Waals surface area contributed by atoms with Crippen molar-refractivity contribution in [2.45, 2.75) is 24.5 Å². The number of thioether (sulfide) groups is 1. The standard InChI is InChI=1S/C20H23N3O2S/c1-25-18-11-6-5-10-17(18)19-21-22-20(26-15-7-14-24)23(19)13-12-16-8-3-2-4-9-16/h2-6,8-11,24H,7,12-15H2,1H3. The number of aryl methyl sites for hydroxylation is 1. The summed E-state index contributed by atoms with van der Waals surface area (Å²) in [4.78, 5) is 0. The fraction of sp³-hybridized carbons (Fsp3) is 0.300. The Balaban J connectivity index is 1.90. The Kier molecular flexibility index (Phi) is 6.68. The molecule has 0 amide bonds. The van der Waals surface area contributed by atoms with Gasteiger partial charge in [0.2, 0.25) is 0 Å². The van der Waals surface area contributed by atoms with Crippen LogP contribution in [0.15, 0.2) is 59.8 Å². The third-order valence-corrected chi connectivity index (χ3v) is 5.12. The minimum atomic E-state index is 0.185. The monoisotopic (exact) mass is 369 g/mol. The van der Waals surface area contributed by atoms with Crippen LogP contribution in [0.25, 0.3) is 11.4 Å². The number of aromatic nitrogens is 3. The second-order valence-electron chi connectivity index (χ2n) is 5.82. The van der Waals surface area contributed by atoms with Crippen LogP contribution in [0, 0.1) is 0 Å². The van der Waals surface area contributed by atoms with Crippen molar-refractivity contribution in [1.82, 2.24) is 14.8 Å². The lowest BCUT2D eigenvalue weighted by molar-refractivity contribution is 0.296. The molecule has 0 bridgehead atoms. The zero-order chi connectivity index (χ0) is 18.2. The Bertz CT molecular complexity index is 821. The number of para-hydroxylation sites is 1. The third kappa shape index (κ3) is 4.45. The fourth-order valence-electron chi connectivity index (χ4n) is 2.74. The van der Waals surface area contributed by atoms with Crippen molar-refractivity contribution < 1.29 is 9.84 Å². The van der Waals surface area contributed by atoms with Gasteiger partial charge >= 0.3 is 0 Å². The minimum absolute atomic E-state index is 0.185. The maximum atomic E-state index is 9.04. The minimum Gasteiger partial charge on any atom is -0.496 e. The predicted octanol–water partition coefficient (Wildman–Crippen LogP) is 3.67. The van der Waals surface area contributed by atoms with Crippen LogP contribution in [0.2, 0.25) is 0 Å². The highest BCUT2D eigenvalue weighted by Gasteiger charge is 2.17. The largest absolute Gasteiger partial charge is 0.496 e. The van der Waals surface area contributed by atoms with Gasteiger partial charge in [0, 0.05) is 18.9 Å². The molecule has 0 unspecified atom stereocenters. The summed E-state index contributed by atoms with van der Waals surface area (Å²) in [5, 5.41) is 18.7. The molecule has 1 heterocycles. The Morgan fingerprint density at radius 2 is 1.81 bits per heavy atom. The molecule has 0 aliphatic heterocycles. The second kappa shape index (κ2) is 9.40. The molecule has 0 fully saturated rings. The lowest BCUT2D eigenvalue weighted by atomic mass is 10.1. The third-order valence-electron chi connectivity index (χ3n) is 4.07. The predicted molar refractivity (Wildman–Crippen MR) is 105 cm³/mol. The van der Waals surface area contributed by atoms with E-state index in [0.29, 0.717) is 0 Å². The van der Waals surface area contributed by atoms with Crippen LogP contribution < -0.4 is 4.74 Å². The lowest BCUT2D eigenvalue weighted by Crippen LogP contribution is -2.06. The van der Waals surface area contributed by atoms with E-state index in [4.69, 9.17) is 9.84 Å². The smallest absolute Gasteiger partial charge is 0.191 e. The molecule has 0 radical (unpaired) electrons. The van der Waals surface area contributed by atoms with Crippen LogP contribution in [0.1, 0.15) is 12.0 Å². The van der Waals surface area contributed by atoms with Gasteiger partial charge in [-0.3, -0.25) is 0 Å². The molecular formula is C20H23N3O2S. The van der Waals surface area contributed by atoms with Crippen molar-refractivity contribution in [2.24, 2.45) is 0 Å². The van der Waals surface area contributed by atoms with E-state index in [0.717, 1.165) is 47.4 Å². The van der Waals surface area contributed by atoms with Crippen molar-refractivity contribution in [1.29, 1.82) is 0 Å². The van der Waals surface area contributed by atoms with Crippen LogP contribution in [0.3, 0.4) is 0 Å². The first-order chi connectivity index (χ1) is 12.8. The Morgan fingerprint density at radius 1 is 1.04 bits per heavy atom. The molecule has 3 aromatic rings. The van der Waals surface area contributed by atoms with Gasteiger partial charge in [0.1, 0.15) is 5.75 Å². The molecule has 1 aromatic heterocycles. The molecule has 5 nitrogen and oxygen atoms in total. The molecule has 6 heteroatoms. The quantitative estimate of drug-likeness (QED) is 0.461. The first-order valence-corrected chi connectivity index (χ1v) is 9.66. The number of hydrogen-bond donors (Lipinski definition) is 1. The van der Waals surface area contributed by atoms with Crippen molar-refractivity contribution in [3.05, 3.63) is 60.2 Å². The molecule has 1 N–H and O–H groups in total. The van der Waals surface area contributed by atoms with Gasteiger partial charge < -0.3 is 14.4 Å². The van der Waals surface area contributed by atoms with Gasteiger partial charge in [0.15, 0.2) is 11.0 Å². The first-order valence-electron chi connectivity index (χ1n) is 8.67. The number of aliphatic hydroxyl groups excluding tert-OH is 1. The Hall–Kier alpha value is -2.31. The number of ether oxygens (including phenoxy) is 1. The average molecular weight is 369 g/mol. The van der Waals surface area contributed by atoms with Crippen molar-refractivity contribution in [3.8, 4) is 17.1 Å². The number of rotatable bonds is 9. The van der Waals surface area contributed by atoms with E-state index >= 15 is 0 Å². The van der Waals surface area contributed by atoms with E-state index in [2.05, 4.69) is 39.0 Å². The number of nitrogens with zero attached hydrogens (tertiary/aromatic N) is 3. The van der Waals surface area contributed by atoms with Gasteiger partial charge in [-0.25, -0.2) is 0 Å². The van der Waals surface area contributed by atoms with Gasteiger partial charge in [-0.05, 0) is 30.5 Å². The van der Waals surface area contributed by atoms with Gasteiger partial charge in [0.25, 0.3) is 0 Å². The summed E-state index contributed by atoms with van der Waals surface area (Å²) in [6, 6.07) is 18.3. The summed E-state index contributed by atoms with van der Waals surface area (Å²) in [7, 11) is 1.67. The number of hydrogen-bond acceptors (Lipinski definition) is 5. The molecule has 136 valence electrons. The van der Waals surface area contributed by atoms with Gasteiger partial charge in [-0.1, -0.05) is 54.2 Å². The summed E-state index contributed by atoms with van der Waals surface area (Å²) in [6.07, 6.45) is 1.63. The maximum absolute atomic E-state index is 9.04. The van der Waals surface area contributed by atoms with E-state index in [9.17, 15) is 0 Å². The molecule has 0 atom stereocenters. The SMILES string of the molecule is COc1ccccc1-c1nnc(SCCCO)n1CCc1ccccc1. The number of aliphatic hydroxyl groups is 1. The Labute approximate surface area is 158 Å². The van der Waals surface area contributed by atoms with E-state index in [1.54, 1.807) is 18.9 Å². The molecule has 0 saturated carbocycles. The van der Waals surface area contributed by atoms with Gasteiger partial charge in [-0.2, -0.15) is 0 Å².